The molecule has 0 fully saturated rings. The topological polar surface area (TPSA) is 58.6 Å². The Hall–Kier alpha value is -1.92. The molecule has 0 saturated heterocycles. The summed E-state index contributed by atoms with van der Waals surface area (Å²) < 4.78 is 43.2. The number of phenols is 1. The van der Waals surface area contributed by atoms with Crippen molar-refractivity contribution in [1.82, 2.24) is 5.32 Å². The molecule has 0 heterocycles. The fourth-order valence-corrected chi connectivity index (χ4v) is 1.48. The van der Waals surface area contributed by atoms with Gasteiger partial charge < -0.3 is 15.2 Å². The van der Waals surface area contributed by atoms with Crippen LogP contribution in [0, 0.1) is 0 Å². The third-order valence-electron chi connectivity index (χ3n) is 2.22. The fraction of sp³-hybridized carbons (Fsp3) is 0.462. The summed E-state index contributed by atoms with van der Waals surface area (Å²) in [5, 5.41) is 11.5. The van der Waals surface area contributed by atoms with Crippen LogP contribution >= 0.6 is 0 Å². The van der Waals surface area contributed by atoms with Crippen molar-refractivity contribution in [2.45, 2.75) is 39.1 Å². The van der Waals surface area contributed by atoms with Crippen molar-refractivity contribution in [3.8, 4) is 5.75 Å². The van der Waals surface area contributed by atoms with E-state index in [1.165, 1.54) is 0 Å². The van der Waals surface area contributed by atoms with Gasteiger partial charge >= 0.3 is 12.3 Å². The van der Waals surface area contributed by atoms with Crippen molar-refractivity contribution in [2.24, 2.45) is 0 Å². The Morgan fingerprint density at radius 3 is 2.40 bits per heavy atom. The SMILES string of the molecule is CC(C)(C)OC(=O)NCc1cc(O)ccc1C(F)(F)F. The average Bonchev–Trinajstić information content (AvgIpc) is 2.22. The Morgan fingerprint density at radius 1 is 1.30 bits per heavy atom. The van der Waals surface area contributed by atoms with Crippen LogP contribution in [0.5, 0.6) is 5.75 Å². The number of rotatable bonds is 2. The average molecular weight is 291 g/mol. The summed E-state index contributed by atoms with van der Waals surface area (Å²) >= 11 is 0. The molecule has 2 N–H and O–H groups in total. The van der Waals surface area contributed by atoms with E-state index >= 15 is 0 Å². The van der Waals surface area contributed by atoms with Crippen molar-refractivity contribution >= 4 is 6.09 Å². The molecule has 1 rings (SSSR count). The van der Waals surface area contributed by atoms with Crippen molar-refractivity contribution < 1.29 is 27.8 Å². The van der Waals surface area contributed by atoms with Gasteiger partial charge in [0.25, 0.3) is 0 Å². The lowest BCUT2D eigenvalue weighted by Gasteiger charge is -2.20. The lowest BCUT2D eigenvalue weighted by molar-refractivity contribution is -0.138. The molecule has 112 valence electrons. The van der Waals surface area contributed by atoms with Gasteiger partial charge in [0.05, 0.1) is 5.56 Å². The largest absolute Gasteiger partial charge is 0.508 e. The van der Waals surface area contributed by atoms with E-state index in [0.717, 1.165) is 18.2 Å². The minimum absolute atomic E-state index is 0.233. The van der Waals surface area contributed by atoms with Crippen molar-refractivity contribution in [3.05, 3.63) is 29.3 Å². The molecular formula is C13H16F3NO3. The van der Waals surface area contributed by atoms with E-state index in [2.05, 4.69) is 5.32 Å². The number of ether oxygens (including phenoxy) is 1. The number of carbonyl (C=O) groups excluding carboxylic acids is 1. The zero-order valence-corrected chi connectivity index (χ0v) is 11.3. The normalized spacial score (nSPS) is 12.1. The lowest BCUT2D eigenvalue weighted by atomic mass is 10.1. The Bertz CT molecular complexity index is 493. The Kier molecular flexibility index (Phi) is 4.52. The summed E-state index contributed by atoms with van der Waals surface area (Å²) in [6.45, 7) is 4.53. The molecule has 0 unspecified atom stereocenters. The van der Waals surface area contributed by atoms with E-state index in [1.807, 2.05) is 0 Å². The highest BCUT2D eigenvalue weighted by atomic mass is 19.4. The van der Waals surface area contributed by atoms with Crippen LogP contribution in [0.1, 0.15) is 31.9 Å². The molecule has 0 bridgehead atoms. The highest BCUT2D eigenvalue weighted by Gasteiger charge is 2.33. The first-order chi connectivity index (χ1) is 8.99. The van der Waals surface area contributed by atoms with Crippen molar-refractivity contribution in [2.75, 3.05) is 0 Å². The Balaban J connectivity index is 2.82. The number of nitrogens with one attached hydrogen (secondary N) is 1. The summed E-state index contributed by atoms with van der Waals surface area (Å²) in [5.41, 5.74) is -1.88. The van der Waals surface area contributed by atoms with E-state index < -0.39 is 30.0 Å². The van der Waals surface area contributed by atoms with Crippen LogP contribution in [0.2, 0.25) is 0 Å². The highest BCUT2D eigenvalue weighted by molar-refractivity contribution is 5.67. The predicted octanol–water partition coefficient (Wildman–Crippen LogP) is 3.44. The second-order valence-corrected chi connectivity index (χ2v) is 5.19. The van der Waals surface area contributed by atoms with Crippen LogP contribution in [0.3, 0.4) is 0 Å². The van der Waals surface area contributed by atoms with Gasteiger partial charge in [-0.05, 0) is 44.5 Å². The van der Waals surface area contributed by atoms with Gasteiger partial charge in [-0.25, -0.2) is 4.79 Å². The molecule has 1 aromatic carbocycles. The number of alkyl carbamates (subject to hydrolysis) is 1. The van der Waals surface area contributed by atoms with Gasteiger partial charge in [-0.2, -0.15) is 13.2 Å². The van der Waals surface area contributed by atoms with Crippen molar-refractivity contribution in [3.63, 3.8) is 0 Å². The molecular weight excluding hydrogens is 275 g/mol. The minimum Gasteiger partial charge on any atom is -0.508 e. The van der Waals surface area contributed by atoms with Gasteiger partial charge in [0.1, 0.15) is 11.4 Å². The Morgan fingerprint density at radius 2 is 1.90 bits per heavy atom. The standard InChI is InChI=1S/C13H16F3NO3/c1-12(2,3)20-11(19)17-7-8-6-9(18)4-5-10(8)13(14,15)16/h4-6,18H,7H2,1-3H3,(H,17,19). The molecule has 20 heavy (non-hydrogen) atoms. The van der Waals surface area contributed by atoms with Gasteiger partial charge in [0.15, 0.2) is 0 Å². The monoisotopic (exact) mass is 291 g/mol. The second kappa shape index (κ2) is 5.60. The first-order valence-corrected chi connectivity index (χ1v) is 5.85. The second-order valence-electron chi connectivity index (χ2n) is 5.19. The zero-order valence-electron chi connectivity index (χ0n) is 11.3. The van der Waals surface area contributed by atoms with E-state index in [0.29, 0.717) is 0 Å². The van der Waals surface area contributed by atoms with Gasteiger partial charge in [0.2, 0.25) is 0 Å². The van der Waals surface area contributed by atoms with Gasteiger partial charge in [-0.15, -0.1) is 0 Å². The molecule has 4 nitrogen and oxygen atoms in total. The minimum atomic E-state index is -4.56. The number of carbonyl (C=O) groups is 1. The molecule has 0 atom stereocenters. The number of benzene rings is 1. The molecule has 0 aliphatic heterocycles. The number of hydrogen-bond donors (Lipinski definition) is 2. The molecule has 1 amide bonds. The summed E-state index contributed by atoms with van der Waals surface area (Å²) in [5.74, 6) is -0.306. The number of hydrogen-bond acceptors (Lipinski definition) is 3. The van der Waals surface area contributed by atoms with Crippen LogP contribution < -0.4 is 5.32 Å². The third-order valence-corrected chi connectivity index (χ3v) is 2.22. The molecule has 0 radical (unpaired) electrons. The maximum atomic E-state index is 12.8. The van der Waals surface area contributed by atoms with Crippen LogP contribution in [0.25, 0.3) is 0 Å². The maximum Gasteiger partial charge on any atom is 0.416 e. The molecule has 0 aliphatic rings. The summed E-state index contributed by atoms with van der Waals surface area (Å²) in [4.78, 5) is 11.4. The Labute approximate surface area is 114 Å². The van der Waals surface area contributed by atoms with Gasteiger partial charge in [-0.3, -0.25) is 0 Å². The fourth-order valence-electron chi connectivity index (χ4n) is 1.48. The third kappa shape index (κ3) is 4.99. The van der Waals surface area contributed by atoms with Crippen LogP contribution in [-0.2, 0) is 17.5 Å². The number of alkyl halides is 3. The smallest absolute Gasteiger partial charge is 0.416 e. The summed E-state index contributed by atoms with van der Waals surface area (Å²) in [7, 11) is 0. The van der Waals surface area contributed by atoms with Crippen molar-refractivity contribution in [1.29, 1.82) is 0 Å². The molecule has 0 saturated carbocycles. The van der Waals surface area contributed by atoms with Crippen LogP contribution in [0.4, 0.5) is 18.0 Å². The molecule has 1 aromatic rings. The molecule has 0 spiro atoms. The zero-order chi connectivity index (χ0) is 15.6. The van der Waals surface area contributed by atoms with Crippen LogP contribution in [0.15, 0.2) is 18.2 Å². The lowest BCUT2D eigenvalue weighted by Crippen LogP contribution is -2.32. The maximum absolute atomic E-state index is 12.8. The predicted molar refractivity (Wildman–Crippen MR) is 66.2 cm³/mol. The van der Waals surface area contributed by atoms with E-state index in [4.69, 9.17) is 4.74 Å². The number of phenolic OH excluding ortho intramolecular Hbond substituents is 1. The summed E-state index contributed by atoms with van der Waals surface area (Å²) in [6.07, 6.45) is -5.38. The summed E-state index contributed by atoms with van der Waals surface area (Å²) in [6, 6.07) is 2.67. The van der Waals surface area contributed by atoms with Gasteiger partial charge in [0, 0.05) is 6.54 Å². The number of amides is 1. The van der Waals surface area contributed by atoms with Crippen LogP contribution in [-0.4, -0.2) is 16.8 Å². The van der Waals surface area contributed by atoms with Gasteiger partial charge in [-0.1, -0.05) is 0 Å². The first kappa shape index (κ1) is 16.1. The quantitative estimate of drug-likeness (QED) is 0.877. The van der Waals surface area contributed by atoms with E-state index in [9.17, 15) is 23.1 Å². The number of aromatic hydroxyl groups is 1. The molecule has 0 aromatic heterocycles. The van der Waals surface area contributed by atoms with E-state index in [-0.39, 0.29) is 11.3 Å². The molecule has 0 aliphatic carbocycles. The highest BCUT2D eigenvalue weighted by Crippen LogP contribution is 2.33. The molecule has 7 heteroatoms. The number of halogens is 3. The first-order valence-electron chi connectivity index (χ1n) is 5.85. The van der Waals surface area contributed by atoms with E-state index in [1.54, 1.807) is 20.8 Å².